The molecule has 1 amide bonds. The van der Waals surface area contributed by atoms with Crippen molar-refractivity contribution in [3.05, 3.63) is 91.0 Å². The number of amides is 1. The van der Waals surface area contributed by atoms with Crippen LogP contribution in [0, 0.1) is 3.57 Å². The fraction of sp³-hybridized carbons (Fsp3) is 0.130. The number of rotatable bonds is 8. The van der Waals surface area contributed by atoms with Gasteiger partial charge in [0.2, 0.25) is 0 Å². The summed E-state index contributed by atoms with van der Waals surface area (Å²) in [5.74, 6) is 0.891. The largest absolute Gasteiger partial charge is 0.490 e. The molecule has 0 spiro atoms. The Hall–Kier alpha value is -2.29. The van der Waals surface area contributed by atoms with Gasteiger partial charge in [-0.05, 0) is 95.2 Å². The first-order chi connectivity index (χ1) is 15.0. The normalized spacial score (nSPS) is 10.8. The molecule has 5 nitrogen and oxygen atoms in total. The third-order valence-corrected chi connectivity index (χ3v) is 5.59. The van der Waals surface area contributed by atoms with Gasteiger partial charge in [-0.25, -0.2) is 5.43 Å². The second-order valence-electron chi connectivity index (χ2n) is 6.38. The van der Waals surface area contributed by atoms with Crippen LogP contribution in [0.15, 0.2) is 65.8 Å². The van der Waals surface area contributed by atoms with E-state index >= 15 is 0 Å². The molecule has 31 heavy (non-hydrogen) atoms. The Morgan fingerprint density at radius 3 is 2.48 bits per heavy atom. The molecule has 0 saturated heterocycles. The van der Waals surface area contributed by atoms with Crippen molar-refractivity contribution in [1.29, 1.82) is 0 Å². The van der Waals surface area contributed by atoms with E-state index in [1.165, 1.54) is 0 Å². The minimum absolute atomic E-state index is 0.278. The van der Waals surface area contributed by atoms with Gasteiger partial charge < -0.3 is 9.47 Å². The monoisotopic (exact) mass is 568 g/mol. The molecule has 0 heterocycles. The number of nitrogens with one attached hydrogen (secondary N) is 1. The van der Waals surface area contributed by atoms with Crippen LogP contribution in [-0.2, 0) is 6.61 Å². The minimum Gasteiger partial charge on any atom is -0.490 e. The number of hydrogen-bond donors (Lipinski definition) is 1. The lowest BCUT2D eigenvalue weighted by Crippen LogP contribution is -2.17. The van der Waals surface area contributed by atoms with Crippen molar-refractivity contribution in [2.75, 3.05) is 6.61 Å². The Kier molecular flexibility index (Phi) is 8.57. The summed E-state index contributed by atoms with van der Waals surface area (Å²) in [6, 6.07) is 18.0. The van der Waals surface area contributed by atoms with Crippen LogP contribution in [0.5, 0.6) is 11.5 Å². The quantitative estimate of drug-likeness (QED) is 0.196. The second kappa shape index (κ2) is 11.4. The van der Waals surface area contributed by atoms with Crippen LogP contribution in [0.1, 0.15) is 28.4 Å². The molecular weight excluding hydrogens is 550 g/mol. The highest BCUT2D eigenvalue weighted by Gasteiger charge is 2.08. The van der Waals surface area contributed by atoms with Crippen LogP contribution in [0.2, 0.25) is 10.0 Å². The van der Waals surface area contributed by atoms with Crippen molar-refractivity contribution in [1.82, 2.24) is 5.43 Å². The number of hydrogen-bond acceptors (Lipinski definition) is 4. The summed E-state index contributed by atoms with van der Waals surface area (Å²) in [5.41, 5.74) is 4.71. The van der Waals surface area contributed by atoms with Crippen LogP contribution in [-0.4, -0.2) is 18.7 Å². The van der Waals surface area contributed by atoms with Gasteiger partial charge in [0, 0.05) is 9.13 Å². The summed E-state index contributed by atoms with van der Waals surface area (Å²) in [4.78, 5) is 12.1. The zero-order valence-corrected chi connectivity index (χ0v) is 20.2. The Morgan fingerprint density at radius 2 is 1.77 bits per heavy atom. The SMILES string of the molecule is CCOc1cc(/C=N\NC(=O)c2ccc(I)cc2)ccc1OCc1ccc(Cl)c(Cl)c1. The number of carbonyl (C=O) groups is 1. The van der Waals surface area contributed by atoms with E-state index in [2.05, 4.69) is 33.1 Å². The molecule has 0 aliphatic heterocycles. The smallest absolute Gasteiger partial charge is 0.271 e. The summed E-state index contributed by atoms with van der Waals surface area (Å²) in [5, 5.41) is 5.01. The first kappa shape index (κ1) is 23.4. The number of nitrogens with zero attached hydrogens (tertiary/aromatic N) is 1. The zero-order valence-electron chi connectivity index (χ0n) is 16.6. The van der Waals surface area contributed by atoms with E-state index in [0.717, 1.165) is 14.7 Å². The van der Waals surface area contributed by atoms with Gasteiger partial charge in [0.1, 0.15) is 6.61 Å². The molecule has 1 N–H and O–H groups in total. The average molecular weight is 569 g/mol. The van der Waals surface area contributed by atoms with Gasteiger partial charge >= 0.3 is 0 Å². The zero-order chi connectivity index (χ0) is 22.2. The standard InChI is InChI=1S/C23H19Cl2IN2O3/c1-2-30-22-12-15(13-27-28-23(29)17-5-7-18(26)8-6-17)4-10-21(22)31-14-16-3-9-19(24)20(25)11-16/h3-13H,2,14H2,1H3,(H,28,29)/b27-13-. The van der Waals surface area contributed by atoms with Gasteiger partial charge in [-0.3, -0.25) is 4.79 Å². The fourth-order valence-electron chi connectivity index (χ4n) is 2.61. The highest BCUT2D eigenvalue weighted by molar-refractivity contribution is 14.1. The predicted octanol–water partition coefficient (Wildman–Crippen LogP) is 6.34. The first-order valence-corrected chi connectivity index (χ1v) is 11.2. The molecule has 0 unspecified atom stereocenters. The van der Waals surface area contributed by atoms with Crippen molar-refractivity contribution < 1.29 is 14.3 Å². The number of carbonyl (C=O) groups excluding carboxylic acids is 1. The lowest BCUT2D eigenvalue weighted by atomic mass is 10.2. The Balaban J connectivity index is 1.66. The molecule has 0 atom stereocenters. The van der Waals surface area contributed by atoms with Crippen LogP contribution in [0.3, 0.4) is 0 Å². The molecular formula is C23H19Cl2IN2O3. The van der Waals surface area contributed by atoms with Crippen molar-refractivity contribution in [2.45, 2.75) is 13.5 Å². The van der Waals surface area contributed by atoms with E-state index < -0.39 is 0 Å². The summed E-state index contributed by atoms with van der Waals surface area (Å²) < 4.78 is 12.6. The topological polar surface area (TPSA) is 59.9 Å². The molecule has 8 heteroatoms. The van der Waals surface area contributed by atoms with E-state index in [0.29, 0.717) is 40.3 Å². The molecule has 0 saturated carbocycles. The number of benzene rings is 3. The lowest BCUT2D eigenvalue weighted by molar-refractivity contribution is 0.0955. The van der Waals surface area contributed by atoms with Crippen molar-refractivity contribution in [2.24, 2.45) is 5.10 Å². The lowest BCUT2D eigenvalue weighted by Gasteiger charge is -2.13. The van der Waals surface area contributed by atoms with Crippen LogP contribution < -0.4 is 14.9 Å². The van der Waals surface area contributed by atoms with Gasteiger partial charge in [-0.15, -0.1) is 0 Å². The average Bonchev–Trinajstić information content (AvgIpc) is 2.76. The van der Waals surface area contributed by atoms with E-state index in [1.54, 1.807) is 42.6 Å². The Labute approximate surface area is 204 Å². The van der Waals surface area contributed by atoms with Crippen LogP contribution in [0.25, 0.3) is 0 Å². The fourth-order valence-corrected chi connectivity index (χ4v) is 3.29. The predicted molar refractivity (Wildman–Crippen MR) is 133 cm³/mol. The second-order valence-corrected chi connectivity index (χ2v) is 8.44. The maximum atomic E-state index is 12.1. The van der Waals surface area contributed by atoms with Gasteiger partial charge in [-0.1, -0.05) is 29.3 Å². The van der Waals surface area contributed by atoms with Gasteiger partial charge in [0.25, 0.3) is 5.91 Å². The maximum Gasteiger partial charge on any atom is 0.271 e. The summed E-state index contributed by atoms with van der Waals surface area (Å²) in [6.07, 6.45) is 1.55. The molecule has 0 fully saturated rings. The summed E-state index contributed by atoms with van der Waals surface area (Å²) in [6.45, 7) is 2.69. The molecule has 0 aliphatic carbocycles. The Bertz CT molecular complexity index is 1090. The van der Waals surface area contributed by atoms with E-state index in [-0.39, 0.29) is 5.91 Å². The first-order valence-electron chi connectivity index (χ1n) is 9.39. The van der Waals surface area contributed by atoms with Gasteiger partial charge in [0.05, 0.1) is 22.9 Å². The molecule has 3 aromatic carbocycles. The Morgan fingerprint density at radius 1 is 1.00 bits per heavy atom. The third-order valence-electron chi connectivity index (χ3n) is 4.13. The number of hydrazone groups is 1. The van der Waals surface area contributed by atoms with Crippen molar-refractivity contribution >= 4 is 57.9 Å². The van der Waals surface area contributed by atoms with Gasteiger partial charge in [0.15, 0.2) is 11.5 Å². The van der Waals surface area contributed by atoms with E-state index in [4.69, 9.17) is 32.7 Å². The third kappa shape index (κ3) is 6.85. The highest BCUT2D eigenvalue weighted by Crippen LogP contribution is 2.30. The highest BCUT2D eigenvalue weighted by atomic mass is 127. The molecule has 160 valence electrons. The molecule has 3 aromatic rings. The van der Waals surface area contributed by atoms with Gasteiger partial charge in [-0.2, -0.15) is 5.10 Å². The number of halogens is 3. The van der Waals surface area contributed by atoms with Crippen LogP contribution in [0.4, 0.5) is 0 Å². The number of ether oxygens (including phenoxy) is 2. The summed E-state index contributed by atoms with van der Waals surface area (Å²) >= 11 is 14.2. The molecule has 0 bridgehead atoms. The molecule has 0 radical (unpaired) electrons. The summed E-state index contributed by atoms with van der Waals surface area (Å²) in [7, 11) is 0. The molecule has 0 aliphatic rings. The maximum absolute atomic E-state index is 12.1. The molecule has 0 aromatic heterocycles. The minimum atomic E-state index is -0.278. The van der Waals surface area contributed by atoms with Crippen molar-refractivity contribution in [3.8, 4) is 11.5 Å². The van der Waals surface area contributed by atoms with Crippen molar-refractivity contribution in [3.63, 3.8) is 0 Å². The van der Waals surface area contributed by atoms with E-state index in [1.807, 2.05) is 31.2 Å². The van der Waals surface area contributed by atoms with Crippen LogP contribution >= 0.6 is 45.8 Å². The van der Waals surface area contributed by atoms with E-state index in [9.17, 15) is 4.79 Å². The molecule has 3 rings (SSSR count).